The standard InChI is InChI=1S/C13H8BrFN2O3/c14-9-2-1-7(13(19)20)5-11(9)17-12(18)8-3-4-16-6-10(8)15/h1-6H,(H,17,18)(H,19,20). The van der Waals surface area contributed by atoms with Crippen molar-refractivity contribution >= 4 is 33.5 Å². The molecule has 0 unspecified atom stereocenters. The van der Waals surface area contributed by atoms with Crippen molar-refractivity contribution in [2.45, 2.75) is 0 Å². The van der Waals surface area contributed by atoms with E-state index in [-0.39, 0.29) is 16.8 Å². The molecule has 0 fully saturated rings. The Hall–Kier alpha value is -2.28. The van der Waals surface area contributed by atoms with E-state index < -0.39 is 17.7 Å². The van der Waals surface area contributed by atoms with Gasteiger partial charge in [0.15, 0.2) is 5.82 Å². The minimum atomic E-state index is -1.12. The summed E-state index contributed by atoms with van der Waals surface area (Å²) in [6, 6.07) is 5.39. The SMILES string of the molecule is O=C(O)c1ccc(Br)c(NC(=O)c2ccncc2F)c1. The Kier molecular flexibility index (Phi) is 4.09. The molecule has 2 rings (SSSR count). The molecular formula is C13H8BrFN2O3. The zero-order valence-corrected chi connectivity index (χ0v) is 11.5. The van der Waals surface area contributed by atoms with Crippen LogP contribution < -0.4 is 5.32 Å². The van der Waals surface area contributed by atoms with Gasteiger partial charge in [-0.05, 0) is 40.2 Å². The highest BCUT2D eigenvalue weighted by molar-refractivity contribution is 9.10. The molecule has 1 aromatic carbocycles. The topological polar surface area (TPSA) is 79.3 Å². The quantitative estimate of drug-likeness (QED) is 0.901. The lowest BCUT2D eigenvalue weighted by molar-refractivity contribution is 0.0696. The highest BCUT2D eigenvalue weighted by Gasteiger charge is 2.14. The number of carboxylic acids is 1. The van der Waals surface area contributed by atoms with Crippen LogP contribution in [0.25, 0.3) is 0 Å². The van der Waals surface area contributed by atoms with Gasteiger partial charge in [-0.1, -0.05) is 0 Å². The van der Waals surface area contributed by atoms with Crippen LogP contribution in [0.15, 0.2) is 41.1 Å². The Labute approximate surface area is 121 Å². The smallest absolute Gasteiger partial charge is 0.335 e. The van der Waals surface area contributed by atoms with Gasteiger partial charge >= 0.3 is 5.97 Å². The summed E-state index contributed by atoms with van der Waals surface area (Å²) in [5.41, 5.74) is 0.0810. The third-order valence-corrected chi connectivity index (χ3v) is 3.17. The average Bonchev–Trinajstić information content (AvgIpc) is 2.41. The van der Waals surface area contributed by atoms with Gasteiger partial charge in [-0.3, -0.25) is 9.78 Å². The summed E-state index contributed by atoms with van der Waals surface area (Å²) in [6.07, 6.45) is 2.22. The van der Waals surface area contributed by atoms with Crippen molar-refractivity contribution < 1.29 is 19.1 Å². The van der Waals surface area contributed by atoms with Crippen LogP contribution in [0.5, 0.6) is 0 Å². The van der Waals surface area contributed by atoms with E-state index in [0.29, 0.717) is 4.47 Å². The van der Waals surface area contributed by atoms with Crippen LogP contribution in [0.3, 0.4) is 0 Å². The second-order valence-electron chi connectivity index (χ2n) is 3.81. The zero-order valence-electron chi connectivity index (χ0n) is 9.93. The Morgan fingerprint density at radius 2 is 2.05 bits per heavy atom. The summed E-state index contributed by atoms with van der Waals surface area (Å²) >= 11 is 3.19. The molecule has 0 aliphatic rings. The number of hydrogen-bond donors (Lipinski definition) is 2. The van der Waals surface area contributed by atoms with Crippen LogP contribution in [-0.2, 0) is 0 Å². The fourth-order valence-electron chi connectivity index (χ4n) is 1.50. The molecular weight excluding hydrogens is 331 g/mol. The minimum Gasteiger partial charge on any atom is -0.478 e. The van der Waals surface area contributed by atoms with Crippen LogP contribution in [-0.4, -0.2) is 22.0 Å². The van der Waals surface area contributed by atoms with Crippen molar-refractivity contribution in [3.05, 3.63) is 58.1 Å². The van der Waals surface area contributed by atoms with Crippen LogP contribution >= 0.6 is 15.9 Å². The molecule has 5 nitrogen and oxygen atoms in total. The van der Waals surface area contributed by atoms with Gasteiger partial charge in [-0.15, -0.1) is 0 Å². The molecule has 0 aliphatic carbocycles. The van der Waals surface area contributed by atoms with E-state index in [1.54, 1.807) is 0 Å². The number of benzene rings is 1. The maximum Gasteiger partial charge on any atom is 0.335 e. The number of carbonyl (C=O) groups excluding carboxylic acids is 1. The van der Waals surface area contributed by atoms with Gasteiger partial charge in [0.05, 0.1) is 23.0 Å². The highest BCUT2D eigenvalue weighted by Crippen LogP contribution is 2.24. The molecule has 0 radical (unpaired) electrons. The van der Waals surface area contributed by atoms with Crippen molar-refractivity contribution in [3.8, 4) is 0 Å². The van der Waals surface area contributed by atoms with E-state index in [4.69, 9.17) is 5.11 Å². The second kappa shape index (κ2) is 5.79. The monoisotopic (exact) mass is 338 g/mol. The molecule has 1 aromatic heterocycles. The summed E-state index contributed by atoms with van der Waals surface area (Å²) < 4.78 is 13.9. The van der Waals surface area contributed by atoms with Gasteiger partial charge in [0, 0.05) is 10.7 Å². The number of nitrogens with zero attached hydrogens (tertiary/aromatic N) is 1. The van der Waals surface area contributed by atoms with Gasteiger partial charge in [0.1, 0.15) is 0 Å². The van der Waals surface area contributed by atoms with E-state index in [2.05, 4.69) is 26.2 Å². The first-order chi connectivity index (χ1) is 9.49. The van der Waals surface area contributed by atoms with Gasteiger partial charge in [0.2, 0.25) is 0 Å². The van der Waals surface area contributed by atoms with E-state index in [1.807, 2.05) is 0 Å². The number of anilines is 1. The first-order valence-corrected chi connectivity index (χ1v) is 6.22. The summed E-state index contributed by atoms with van der Waals surface area (Å²) in [6.45, 7) is 0. The Balaban J connectivity index is 2.30. The average molecular weight is 339 g/mol. The van der Waals surface area contributed by atoms with Crippen molar-refractivity contribution in [1.82, 2.24) is 4.98 Å². The molecule has 0 bridgehead atoms. The number of amides is 1. The van der Waals surface area contributed by atoms with Crippen LogP contribution in [0, 0.1) is 5.82 Å². The van der Waals surface area contributed by atoms with Crippen LogP contribution in [0.2, 0.25) is 0 Å². The number of aromatic nitrogens is 1. The first kappa shape index (κ1) is 14.1. The Bertz CT molecular complexity index is 691. The molecule has 1 heterocycles. The van der Waals surface area contributed by atoms with Crippen LogP contribution in [0.1, 0.15) is 20.7 Å². The lowest BCUT2D eigenvalue weighted by Crippen LogP contribution is -2.14. The number of hydrogen-bond acceptors (Lipinski definition) is 3. The molecule has 7 heteroatoms. The molecule has 20 heavy (non-hydrogen) atoms. The predicted molar refractivity (Wildman–Crippen MR) is 73.2 cm³/mol. The zero-order chi connectivity index (χ0) is 14.7. The number of pyridine rings is 1. The predicted octanol–water partition coefficient (Wildman–Crippen LogP) is 2.93. The van der Waals surface area contributed by atoms with E-state index >= 15 is 0 Å². The Morgan fingerprint density at radius 3 is 2.70 bits per heavy atom. The second-order valence-corrected chi connectivity index (χ2v) is 4.66. The molecule has 1 amide bonds. The molecule has 2 aromatic rings. The summed E-state index contributed by atoms with van der Waals surface area (Å²) in [7, 11) is 0. The normalized spacial score (nSPS) is 10.1. The molecule has 0 aliphatic heterocycles. The number of aromatic carboxylic acids is 1. The first-order valence-electron chi connectivity index (χ1n) is 5.42. The van der Waals surface area contributed by atoms with E-state index in [9.17, 15) is 14.0 Å². The van der Waals surface area contributed by atoms with Crippen molar-refractivity contribution in [2.24, 2.45) is 0 Å². The molecule has 0 atom stereocenters. The molecule has 102 valence electrons. The van der Waals surface area contributed by atoms with Crippen molar-refractivity contribution in [2.75, 3.05) is 5.32 Å². The third kappa shape index (κ3) is 3.00. The Morgan fingerprint density at radius 1 is 1.30 bits per heavy atom. The maximum absolute atomic E-state index is 13.4. The van der Waals surface area contributed by atoms with Gasteiger partial charge < -0.3 is 10.4 Å². The fourth-order valence-corrected chi connectivity index (χ4v) is 1.85. The number of carboxylic acid groups (broad SMARTS) is 1. The largest absolute Gasteiger partial charge is 0.478 e. The number of carbonyl (C=O) groups is 2. The van der Waals surface area contributed by atoms with Crippen molar-refractivity contribution in [3.63, 3.8) is 0 Å². The van der Waals surface area contributed by atoms with E-state index in [1.165, 1.54) is 30.5 Å². The minimum absolute atomic E-state index is 0.0127. The number of nitrogens with one attached hydrogen (secondary N) is 1. The van der Waals surface area contributed by atoms with Gasteiger partial charge in [0.25, 0.3) is 5.91 Å². The molecule has 0 spiro atoms. The van der Waals surface area contributed by atoms with Crippen LogP contribution in [0.4, 0.5) is 10.1 Å². The lowest BCUT2D eigenvalue weighted by Gasteiger charge is -2.08. The molecule has 2 N–H and O–H groups in total. The third-order valence-electron chi connectivity index (χ3n) is 2.48. The maximum atomic E-state index is 13.4. The summed E-state index contributed by atoms with van der Waals surface area (Å²) in [4.78, 5) is 26.3. The van der Waals surface area contributed by atoms with Crippen molar-refractivity contribution in [1.29, 1.82) is 0 Å². The molecule has 0 saturated carbocycles. The van der Waals surface area contributed by atoms with E-state index in [0.717, 1.165) is 6.20 Å². The fraction of sp³-hybridized carbons (Fsp3) is 0. The molecule has 0 saturated heterocycles. The highest BCUT2D eigenvalue weighted by atomic mass is 79.9. The van der Waals surface area contributed by atoms with Gasteiger partial charge in [-0.25, -0.2) is 9.18 Å². The number of halogens is 2. The van der Waals surface area contributed by atoms with Gasteiger partial charge in [-0.2, -0.15) is 0 Å². The summed E-state index contributed by atoms with van der Waals surface area (Å²) in [5, 5.41) is 11.3. The lowest BCUT2D eigenvalue weighted by atomic mass is 10.2. The number of rotatable bonds is 3. The summed E-state index contributed by atoms with van der Waals surface area (Å²) in [5.74, 6) is -2.56.